The third kappa shape index (κ3) is 3.32. The molecule has 1 rings (SSSR count). The van der Waals surface area contributed by atoms with Crippen molar-refractivity contribution in [2.45, 2.75) is 46.2 Å². The van der Waals surface area contributed by atoms with Crippen LogP contribution in [0.25, 0.3) is 0 Å². The number of hydrogen-bond donors (Lipinski definition) is 1. The SMILES string of the molecule is CCCn1ncc(Br)c1C(CC(C)C)NC. The maximum absolute atomic E-state index is 4.41. The van der Waals surface area contributed by atoms with Crippen molar-refractivity contribution in [2.75, 3.05) is 7.05 Å². The molecule has 1 atom stereocenters. The first-order valence-electron chi connectivity index (χ1n) is 5.98. The van der Waals surface area contributed by atoms with Crippen molar-refractivity contribution in [1.82, 2.24) is 15.1 Å². The van der Waals surface area contributed by atoms with Gasteiger partial charge in [-0.05, 0) is 41.7 Å². The normalized spacial score (nSPS) is 13.4. The van der Waals surface area contributed by atoms with Crippen molar-refractivity contribution in [2.24, 2.45) is 5.92 Å². The van der Waals surface area contributed by atoms with E-state index in [1.807, 2.05) is 13.2 Å². The van der Waals surface area contributed by atoms with Gasteiger partial charge in [-0.3, -0.25) is 4.68 Å². The van der Waals surface area contributed by atoms with Gasteiger partial charge in [-0.2, -0.15) is 5.10 Å². The first kappa shape index (κ1) is 13.7. The van der Waals surface area contributed by atoms with E-state index in [0.717, 1.165) is 23.9 Å². The van der Waals surface area contributed by atoms with Gasteiger partial charge in [0, 0.05) is 6.54 Å². The number of aryl methyl sites for hydroxylation is 1. The van der Waals surface area contributed by atoms with Gasteiger partial charge >= 0.3 is 0 Å². The van der Waals surface area contributed by atoms with Crippen LogP contribution in [-0.4, -0.2) is 16.8 Å². The molecule has 16 heavy (non-hydrogen) atoms. The number of aromatic nitrogens is 2. The van der Waals surface area contributed by atoms with Crippen LogP contribution >= 0.6 is 15.9 Å². The molecule has 0 saturated carbocycles. The number of halogens is 1. The monoisotopic (exact) mass is 287 g/mol. The van der Waals surface area contributed by atoms with Crippen molar-refractivity contribution in [1.29, 1.82) is 0 Å². The summed E-state index contributed by atoms with van der Waals surface area (Å²) in [7, 11) is 2.02. The molecule has 0 aliphatic rings. The van der Waals surface area contributed by atoms with E-state index in [-0.39, 0.29) is 0 Å². The van der Waals surface area contributed by atoms with Gasteiger partial charge in [0.05, 0.1) is 22.4 Å². The van der Waals surface area contributed by atoms with Gasteiger partial charge in [-0.25, -0.2) is 0 Å². The summed E-state index contributed by atoms with van der Waals surface area (Å²) >= 11 is 3.60. The molecule has 4 heteroatoms. The lowest BCUT2D eigenvalue weighted by atomic mass is 10.0. The number of nitrogens with zero attached hydrogens (tertiary/aromatic N) is 2. The highest BCUT2D eigenvalue weighted by Gasteiger charge is 2.19. The summed E-state index contributed by atoms with van der Waals surface area (Å²) in [5, 5.41) is 7.80. The van der Waals surface area contributed by atoms with Crippen LogP contribution in [-0.2, 0) is 6.54 Å². The van der Waals surface area contributed by atoms with E-state index in [0.29, 0.717) is 12.0 Å². The summed E-state index contributed by atoms with van der Waals surface area (Å²) in [6.07, 6.45) is 4.14. The molecule has 0 saturated heterocycles. The predicted molar refractivity (Wildman–Crippen MR) is 71.5 cm³/mol. The Morgan fingerprint density at radius 3 is 2.69 bits per heavy atom. The highest BCUT2D eigenvalue weighted by Crippen LogP contribution is 2.27. The predicted octanol–water partition coefficient (Wildman–Crippen LogP) is 3.36. The van der Waals surface area contributed by atoms with Crippen molar-refractivity contribution < 1.29 is 0 Å². The molecule has 1 heterocycles. The average molecular weight is 288 g/mol. The van der Waals surface area contributed by atoms with E-state index >= 15 is 0 Å². The first-order chi connectivity index (χ1) is 7.60. The van der Waals surface area contributed by atoms with Crippen molar-refractivity contribution in [3.05, 3.63) is 16.4 Å². The average Bonchev–Trinajstić information content (AvgIpc) is 2.57. The molecule has 0 bridgehead atoms. The zero-order valence-corrected chi connectivity index (χ0v) is 12.2. The highest BCUT2D eigenvalue weighted by atomic mass is 79.9. The zero-order chi connectivity index (χ0) is 12.1. The minimum Gasteiger partial charge on any atom is -0.312 e. The minimum absolute atomic E-state index is 0.378. The molecular formula is C12H22BrN3. The van der Waals surface area contributed by atoms with E-state index in [4.69, 9.17) is 0 Å². The van der Waals surface area contributed by atoms with Crippen LogP contribution < -0.4 is 5.32 Å². The second-order valence-corrected chi connectivity index (χ2v) is 5.43. The number of rotatable bonds is 6. The molecule has 1 unspecified atom stereocenters. The molecule has 3 nitrogen and oxygen atoms in total. The smallest absolute Gasteiger partial charge is 0.0695 e. The van der Waals surface area contributed by atoms with Gasteiger partial charge in [0.15, 0.2) is 0 Å². The number of nitrogens with one attached hydrogen (secondary N) is 1. The van der Waals surface area contributed by atoms with Gasteiger partial charge in [0.2, 0.25) is 0 Å². The molecule has 0 amide bonds. The fraction of sp³-hybridized carbons (Fsp3) is 0.750. The largest absolute Gasteiger partial charge is 0.312 e. The molecule has 0 aliphatic carbocycles. The summed E-state index contributed by atoms with van der Waals surface area (Å²) in [6.45, 7) is 7.66. The van der Waals surface area contributed by atoms with Gasteiger partial charge < -0.3 is 5.32 Å². The summed E-state index contributed by atoms with van der Waals surface area (Å²) < 4.78 is 3.22. The summed E-state index contributed by atoms with van der Waals surface area (Å²) in [6, 6.07) is 0.378. The Morgan fingerprint density at radius 2 is 2.19 bits per heavy atom. The number of hydrogen-bond acceptors (Lipinski definition) is 2. The molecule has 1 aromatic heterocycles. The van der Waals surface area contributed by atoms with E-state index in [1.165, 1.54) is 5.69 Å². The van der Waals surface area contributed by atoms with Crippen LogP contribution in [0.15, 0.2) is 10.7 Å². The standard InChI is InChI=1S/C12H22BrN3/c1-5-6-16-12(10(13)8-15-16)11(14-4)7-9(2)3/h8-9,11,14H,5-7H2,1-4H3. The third-order valence-corrected chi connectivity index (χ3v) is 3.27. The summed E-state index contributed by atoms with van der Waals surface area (Å²) in [4.78, 5) is 0. The molecule has 1 aromatic rings. The van der Waals surface area contributed by atoms with Crippen molar-refractivity contribution >= 4 is 15.9 Å². The van der Waals surface area contributed by atoms with Crippen molar-refractivity contribution in [3.8, 4) is 0 Å². The van der Waals surface area contributed by atoms with E-state index in [1.54, 1.807) is 0 Å². The van der Waals surface area contributed by atoms with Crippen LogP contribution in [0.3, 0.4) is 0 Å². The van der Waals surface area contributed by atoms with Crippen LogP contribution in [0.1, 0.15) is 45.3 Å². The van der Waals surface area contributed by atoms with Crippen LogP contribution in [0.2, 0.25) is 0 Å². The van der Waals surface area contributed by atoms with Crippen LogP contribution in [0.4, 0.5) is 0 Å². The van der Waals surface area contributed by atoms with Gasteiger partial charge in [0.25, 0.3) is 0 Å². The topological polar surface area (TPSA) is 29.9 Å². The fourth-order valence-electron chi connectivity index (χ4n) is 1.95. The maximum Gasteiger partial charge on any atom is 0.0695 e. The Morgan fingerprint density at radius 1 is 1.50 bits per heavy atom. The molecule has 0 aliphatic heterocycles. The molecule has 92 valence electrons. The second-order valence-electron chi connectivity index (χ2n) is 4.57. The molecule has 1 N–H and O–H groups in total. The molecule has 0 aromatic carbocycles. The Hall–Kier alpha value is -0.350. The third-order valence-electron chi connectivity index (χ3n) is 2.65. The molecule has 0 fully saturated rings. The van der Waals surface area contributed by atoms with Crippen molar-refractivity contribution in [3.63, 3.8) is 0 Å². The Bertz CT molecular complexity index is 320. The quantitative estimate of drug-likeness (QED) is 0.870. The lowest BCUT2D eigenvalue weighted by Gasteiger charge is -2.20. The van der Waals surface area contributed by atoms with Gasteiger partial charge in [-0.15, -0.1) is 0 Å². The fourth-order valence-corrected chi connectivity index (χ4v) is 2.52. The lowest BCUT2D eigenvalue weighted by Crippen LogP contribution is -2.22. The Balaban J connectivity index is 2.93. The Kier molecular flexibility index (Phi) is 5.49. The second kappa shape index (κ2) is 6.40. The molecular weight excluding hydrogens is 266 g/mol. The molecule has 0 spiro atoms. The highest BCUT2D eigenvalue weighted by molar-refractivity contribution is 9.10. The lowest BCUT2D eigenvalue weighted by molar-refractivity contribution is 0.420. The van der Waals surface area contributed by atoms with E-state index < -0.39 is 0 Å². The van der Waals surface area contributed by atoms with Crippen LogP contribution in [0.5, 0.6) is 0 Å². The molecule has 0 radical (unpaired) electrons. The Labute approximate surface area is 107 Å². The zero-order valence-electron chi connectivity index (χ0n) is 10.6. The summed E-state index contributed by atoms with van der Waals surface area (Å²) in [5.74, 6) is 0.675. The van der Waals surface area contributed by atoms with E-state index in [2.05, 4.69) is 51.8 Å². The first-order valence-corrected chi connectivity index (χ1v) is 6.77. The van der Waals surface area contributed by atoms with E-state index in [9.17, 15) is 0 Å². The maximum atomic E-state index is 4.41. The van der Waals surface area contributed by atoms with Gasteiger partial charge in [-0.1, -0.05) is 20.8 Å². The summed E-state index contributed by atoms with van der Waals surface area (Å²) in [5.41, 5.74) is 1.28. The minimum atomic E-state index is 0.378. The van der Waals surface area contributed by atoms with Gasteiger partial charge in [0.1, 0.15) is 0 Å². The van der Waals surface area contributed by atoms with Crippen LogP contribution in [0, 0.1) is 5.92 Å².